The lowest BCUT2D eigenvalue weighted by Crippen LogP contribution is -2.43. The van der Waals surface area contributed by atoms with Gasteiger partial charge in [0.25, 0.3) is 0 Å². The predicted molar refractivity (Wildman–Crippen MR) is 155 cm³/mol. The van der Waals surface area contributed by atoms with Crippen molar-refractivity contribution in [3.63, 3.8) is 0 Å². The normalized spacial score (nSPS) is 14.7. The lowest BCUT2D eigenvalue weighted by atomic mass is 9.88. The van der Waals surface area contributed by atoms with Gasteiger partial charge in [-0.25, -0.2) is 9.48 Å². The van der Waals surface area contributed by atoms with Crippen LogP contribution in [0.1, 0.15) is 59.3 Å². The third kappa shape index (κ3) is 4.60. The summed E-state index contributed by atoms with van der Waals surface area (Å²) in [6.07, 6.45) is 0. The zero-order valence-corrected chi connectivity index (χ0v) is 23.7. The van der Waals surface area contributed by atoms with Crippen molar-refractivity contribution >= 4 is 40.7 Å². The van der Waals surface area contributed by atoms with Gasteiger partial charge in [-0.2, -0.15) is 5.26 Å². The molecule has 0 aliphatic carbocycles. The molecule has 9 heteroatoms. The molecule has 5 rings (SSSR count). The largest absolute Gasteiger partial charge is 0.494 e. The molecule has 1 N–H and O–H groups in total. The Morgan fingerprint density at radius 1 is 1.00 bits per heavy atom. The number of halogens is 2. The first-order chi connectivity index (χ1) is 18.6. The molecule has 39 heavy (non-hydrogen) atoms. The van der Waals surface area contributed by atoms with E-state index < -0.39 is 6.04 Å². The van der Waals surface area contributed by atoms with E-state index in [4.69, 9.17) is 33.0 Å². The van der Waals surface area contributed by atoms with E-state index in [-0.39, 0.29) is 11.9 Å². The van der Waals surface area contributed by atoms with Gasteiger partial charge in [0.1, 0.15) is 11.4 Å². The maximum absolute atomic E-state index is 13.9. The summed E-state index contributed by atoms with van der Waals surface area (Å²) in [6, 6.07) is 17.7. The number of urea groups is 1. The Morgan fingerprint density at radius 3 is 2.38 bits per heavy atom. The molecule has 0 bridgehead atoms. The minimum absolute atomic E-state index is 0.0101. The van der Waals surface area contributed by atoms with Crippen molar-refractivity contribution < 1.29 is 9.53 Å². The second-order valence-electron chi connectivity index (χ2n) is 9.85. The summed E-state index contributed by atoms with van der Waals surface area (Å²) in [4.78, 5) is 15.6. The third-order valence-electron chi connectivity index (χ3n) is 6.98. The van der Waals surface area contributed by atoms with Crippen LogP contribution >= 0.6 is 23.2 Å². The van der Waals surface area contributed by atoms with Gasteiger partial charge in [-0.3, -0.25) is 10.2 Å². The Balaban J connectivity index is 1.86. The van der Waals surface area contributed by atoms with Crippen molar-refractivity contribution in [1.29, 1.82) is 5.26 Å². The second-order valence-corrected chi connectivity index (χ2v) is 10.7. The van der Waals surface area contributed by atoms with Crippen LogP contribution in [-0.2, 0) is 0 Å². The van der Waals surface area contributed by atoms with Crippen LogP contribution in [-0.4, -0.2) is 22.9 Å². The fourth-order valence-corrected chi connectivity index (χ4v) is 5.60. The van der Waals surface area contributed by atoms with E-state index in [0.717, 1.165) is 27.9 Å². The van der Waals surface area contributed by atoms with Gasteiger partial charge in [-0.15, -0.1) is 5.10 Å². The Bertz CT molecular complexity index is 1650. The Hall–Kier alpha value is -3.99. The van der Waals surface area contributed by atoms with Gasteiger partial charge < -0.3 is 4.74 Å². The summed E-state index contributed by atoms with van der Waals surface area (Å²) < 4.78 is 7.43. The number of methoxy groups -OCH3 is 1. The van der Waals surface area contributed by atoms with Gasteiger partial charge in [0.15, 0.2) is 5.82 Å². The number of rotatable bonds is 5. The lowest BCUT2D eigenvalue weighted by molar-refractivity contribution is 0.254. The van der Waals surface area contributed by atoms with Crippen molar-refractivity contribution in [3.8, 4) is 17.5 Å². The van der Waals surface area contributed by atoms with Crippen LogP contribution in [0.5, 0.6) is 5.75 Å². The highest BCUT2D eigenvalue weighted by Gasteiger charge is 2.41. The van der Waals surface area contributed by atoms with Gasteiger partial charge in [-0.05, 0) is 78.9 Å². The van der Waals surface area contributed by atoms with E-state index in [1.807, 2.05) is 44.2 Å². The molecule has 0 fully saturated rings. The van der Waals surface area contributed by atoms with Crippen LogP contribution < -0.4 is 15.0 Å². The summed E-state index contributed by atoms with van der Waals surface area (Å²) in [5.41, 5.74) is 6.24. The molecule has 2 amide bonds. The van der Waals surface area contributed by atoms with Crippen LogP contribution in [0.25, 0.3) is 5.69 Å². The molecular weight excluding hydrogens is 533 g/mol. The molecule has 4 aromatic rings. The molecule has 7 nitrogen and oxygen atoms in total. The highest BCUT2D eigenvalue weighted by atomic mass is 35.5. The quantitative estimate of drug-likeness (QED) is 0.269. The van der Waals surface area contributed by atoms with E-state index in [9.17, 15) is 10.1 Å². The number of nitrogens with one attached hydrogen (secondary N) is 1. The minimum atomic E-state index is -0.528. The SMILES string of the molecule is COc1ccc(C#N)cc1-n1nc2c(c1C(C)C)C(c1ccc(Cl)cc1C)N(c1cc(Cl)ccc1C)C(=O)N2. The topological polar surface area (TPSA) is 83.2 Å². The molecule has 1 atom stereocenters. The van der Waals surface area contributed by atoms with Gasteiger partial charge in [0.2, 0.25) is 0 Å². The fourth-order valence-electron chi connectivity index (χ4n) is 5.21. The summed E-state index contributed by atoms with van der Waals surface area (Å²) >= 11 is 12.8. The smallest absolute Gasteiger partial charge is 0.328 e. The van der Waals surface area contributed by atoms with Gasteiger partial charge >= 0.3 is 6.03 Å². The molecule has 0 spiro atoms. The van der Waals surface area contributed by atoms with Gasteiger partial charge in [0.05, 0.1) is 36.2 Å². The first-order valence-electron chi connectivity index (χ1n) is 12.5. The van der Waals surface area contributed by atoms with Crippen molar-refractivity contribution in [3.05, 3.63) is 98.2 Å². The van der Waals surface area contributed by atoms with Crippen molar-refractivity contribution in [2.45, 2.75) is 39.7 Å². The average molecular weight is 560 g/mol. The number of anilines is 2. The van der Waals surface area contributed by atoms with Crippen LogP contribution in [0.3, 0.4) is 0 Å². The molecule has 3 aromatic carbocycles. The highest BCUT2D eigenvalue weighted by Crippen LogP contribution is 2.47. The molecule has 1 aromatic heterocycles. The third-order valence-corrected chi connectivity index (χ3v) is 7.45. The molecule has 198 valence electrons. The van der Waals surface area contributed by atoms with Crippen LogP contribution in [0.4, 0.5) is 16.3 Å². The van der Waals surface area contributed by atoms with Gasteiger partial charge in [-0.1, -0.05) is 49.2 Å². The number of amides is 2. The number of fused-ring (bicyclic) bond motifs is 1. The molecule has 1 unspecified atom stereocenters. The van der Waals surface area contributed by atoms with E-state index in [1.54, 1.807) is 41.0 Å². The average Bonchev–Trinajstić information content (AvgIpc) is 3.28. The number of ether oxygens (including phenoxy) is 1. The first-order valence-corrected chi connectivity index (χ1v) is 13.2. The van der Waals surface area contributed by atoms with Crippen molar-refractivity contribution in [2.75, 3.05) is 17.3 Å². The summed E-state index contributed by atoms with van der Waals surface area (Å²) in [5, 5.41) is 18.6. The summed E-state index contributed by atoms with van der Waals surface area (Å²) in [5.74, 6) is 0.997. The van der Waals surface area contributed by atoms with Crippen LogP contribution in [0.15, 0.2) is 54.6 Å². The minimum Gasteiger partial charge on any atom is -0.494 e. The molecule has 0 radical (unpaired) electrons. The highest BCUT2D eigenvalue weighted by molar-refractivity contribution is 6.31. The zero-order valence-electron chi connectivity index (χ0n) is 22.2. The Labute approximate surface area is 237 Å². The zero-order chi connectivity index (χ0) is 28.0. The standard InChI is InChI=1S/C30H27Cl2N5O2/c1-16(2)27-26-28(22-10-9-20(31)12-18(22)4)36(23-14-21(32)8-6-17(23)3)30(38)34-29(26)35-37(27)24-13-19(15-33)7-11-25(24)39-5/h6-14,16,28H,1-5H3,(H,34,35,38). The fraction of sp³-hybridized carbons (Fsp3) is 0.233. The first kappa shape index (κ1) is 26.6. The number of aryl methyl sites for hydroxylation is 2. The maximum Gasteiger partial charge on any atom is 0.328 e. The van der Waals surface area contributed by atoms with E-state index in [1.165, 1.54) is 0 Å². The molecule has 2 heterocycles. The number of carbonyl (C=O) groups is 1. The number of hydrogen-bond donors (Lipinski definition) is 1. The lowest BCUT2D eigenvalue weighted by Gasteiger charge is -2.38. The number of hydrogen-bond acceptors (Lipinski definition) is 4. The molecular formula is C30H27Cl2N5O2. The van der Waals surface area contributed by atoms with E-state index in [0.29, 0.717) is 38.6 Å². The maximum atomic E-state index is 13.9. The number of benzene rings is 3. The number of aromatic nitrogens is 2. The van der Waals surface area contributed by atoms with Crippen LogP contribution in [0.2, 0.25) is 10.0 Å². The second kappa shape index (κ2) is 10.3. The molecule has 1 aliphatic rings. The van der Waals surface area contributed by atoms with Crippen molar-refractivity contribution in [1.82, 2.24) is 9.78 Å². The molecule has 1 aliphatic heterocycles. The Kier molecular flexibility index (Phi) is 7.02. The monoisotopic (exact) mass is 559 g/mol. The number of carbonyl (C=O) groups excluding carboxylic acids is 1. The van der Waals surface area contributed by atoms with Crippen LogP contribution in [0, 0.1) is 25.2 Å². The van der Waals surface area contributed by atoms with Crippen molar-refractivity contribution in [2.24, 2.45) is 0 Å². The van der Waals surface area contributed by atoms with Gasteiger partial charge in [0, 0.05) is 15.6 Å². The predicted octanol–water partition coefficient (Wildman–Crippen LogP) is 7.94. The number of nitrogens with zero attached hydrogens (tertiary/aromatic N) is 4. The van der Waals surface area contributed by atoms with E-state index >= 15 is 0 Å². The molecule has 0 saturated heterocycles. The number of nitriles is 1. The summed E-state index contributed by atoms with van der Waals surface area (Å²) in [6.45, 7) is 8.08. The Morgan fingerprint density at radius 2 is 1.72 bits per heavy atom. The molecule has 0 saturated carbocycles. The summed E-state index contributed by atoms with van der Waals surface area (Å²) in [7, 11) is 1.58. The van der Waals surface area contributed by atoms with E-state index in [2.05, 4.69) is 25.2 Å².